The Morgan fingerprint density at radius 2 is 1.03 bits per heavy atom. The SMILES string of the molecule is CCCCCCCCCCCCCCCCOC(=O)CCCCC(=O)OC(CC)CCC. The number of unbranched alkanes of at least 4 members (excludes halogenated alkanes) is 14. The number of hydrogen-bond acceptors (Lipinski definition) is 4. The van der Waals surface area contributed by atoms with Crippen molar-refractivity contribution in [2.75, 3.05) is 6.61 Å². The molecule has 190 valence electrons. The van der Waals surface area contributed by atoms with E-state index in [0.717, 1.165) is 32.1 Å². The Kier molecular flexibility index (Phi) is 23.8. The summed E-state index contributed by atoms with van der Waals surface area (Å²) in [6.45, 7) is 6.95. The number of ether oxygens (including phenoxy) is 2. The van der Waals surface area contributed by atoms with E-state index in [1.807, 2.05) is 6.92 Å². The van der Waals surface area contributed by atoms with E-state index in [1.165, 1.54) is 77.0 Å². The summed E-state index contributed by atoms with van der Waals surface area (Å²) in [6.07, 6.45) is 23.6. The fourth-order valence-corrected chi connectivity index (χ4v) is 4.01. The lowest BCUT2D eigenvalue weighted by molar-refractivity contribution is -0.150. The van der Waals surface area contributed by atoms with Crippen molar-refractivity contribution >= 4 is 11.9 Å². The molecule has 0 aliphatic carbocycles. The fraction of sp³-hybridized carbons (Fsp3) is 0.929. The van der Waals surface area contributed by atoms with Crippen LogP contribution in [0, 0.1) is 0 Å². The van der Waals surface area contributed by atoms with E-state index in [-0.39, 0.29) is 18.0 Å². The summed E-state index contributed by atoms with van der Waals surface area (Å²) in [5.41, 5.74) is 0. The molecular weight excluding hydrogens is 400 g/mol. The van der Waals surface area contributed by atoms with Gasteiger partial charge in [-0.2, -0.15) is 0 Å². The highest BCUT2D eigenvalue weighted by molar-refractivity contribution is 5.70. The van der Waals surface area contributed by atoms with Gasteiger partial charge in [-0.1, -0.05) is 111 Å². The zero-order chi connectivity index (χ0) is 23.7. The van der Waals surface area contributed by atoms with Crippen LogP contribution in [0.3, 0.4) is 0 Å². The normalized spacial score (nSPS) is 12.0. The van der Waals surface area contributed by atoms with Gasteiger partial charge in [0.15, 0.2) is 0 Å². The number of esters is 2. The van der Waals surface area contributed by atoms with Gasteiger partial charge < -0.3 is 9.47 Å². The molecule has 4 heteroatoms. The van der Waals surface area contributed by atoms with E-state index in [9.17, 15) is 9.59 Å². The summed E-state index contributed by atoms with van der Waals surface area (Å²) >= 11 is 0. The smallest absolute Gasteiger partial charge is 0.306 e. The Hall–Kier alpha value is -1.06. The molecule has 0 fully saturated rings. The van der Waals surface area contributed by atoms with Gasteiger partial charge in [0.25, 0.3) is 0 Å². The molecular formula is C28H54O4. The van der Waals surface area contributed by atoms with Crippen LogP contribution in [0.1, 0.15) is 156 Å². The van der Waals surface area contributed by atoms with Crippen LogP contribution >= 0.6 is 0 Å². The van der Waals surface area contributed by atoms with Crippen LogP contribution in [-0.4, -0.2) is 24.6 Å². The first kappa shape index (κ1) is 30.9. The molecule has 0 spiro atoms. The first-order chi connectivity index (χ1) is 15.6. The van der Waals surface area contributed by atoms with E-state index >= 15 is 0 Å². The van der Waals surface area contributed by atoms with Crippen molar-refractivity contribution in [3.63, 3.8) is 0 Å². The Labute approximate surface area is 199 Å². The van der Waals surface area contributed by atoms with E-state index in [0.29, 0.717) is 32.3 Å². The van der Waals surface area contributed by atoms with Crippen molar-refractivity contribution < 1.29 is 19.1 Å². The molecule has 0 N–H and O–H groups in total. The predicted molar refractivity (Wildman–Crippen MR) is 135 cm³/mol. The van der Waals surface area contributed by atoms with Crippen molar-refractivity contribution in [2.24, 2.45) is 0 Å². The molecule has 0 aliphatic rings. The summed E-state index contributed by atoms with van der Waals surface area (Å²) < 4.78 is 10.8. The highest BCUT2D eigenvalue weighted by Gasteiger charge is 2.12. The molecule has 0 amide bonds. The molecule has 0 saturated carbocycles. The Bertz CT molecular complexity index is 422. The van der Waals surface area contributed by atoms with Crippen molar-refractivity contribution in [3.8, 4) is 0 Å². The van der Waals surface area contributed by atoms with Gasteiger partial charge >= 0.3 is 11.9 Å². The highest BCUT2D eigenvalue weighted by Crippen LogP contribution is 2.13. The molecule has 0 heterocycles. The fourth-order valence-electron chi connectivity index (χ4n) is 4.01. The zero-order valence-corrected chi connectivity index (χ0v) is 21.8. The van der Waals surface area contributed by atoms with Crippen LogP contribution in [0.15, 0.2) is 0 Å². The van der Waals surface area contributed by atoms with Gasteiger partial charge in [0.1, 0.15) is 6.10 Å². The number of rotatable bonds is 24. The molecule has 1 atom stereocenters. The molecule has 0 aromatic heterocycles. The minimum atomic E-state index is -0.138. The average Bonchev–Trinajstić information content (AvgIpc) is 2.79. The van der Waals surface area contributed by atoms with Crippen LogP contribution in [0.25, 0.3) is 0 Å². The second kappa shape index (κ2) is 24.6. The van der Waals surface area contributed by atoms with Gasteiger partial charge in [0, 0.05) is 12.8 Å². The summed E-state index contributed by atoms with van der Waals surface area (Å²) in [7, 11) is 0. The maximum Gasteiger partial charge on any atom is 0.306 e. The first-order valence-corrected chi connectivity index (χ1v) is 14.0. The van der Waals surface area contributed by atoms with E-state index in [4.69, 9.17) is 9.47 Å². The van der Waals surface area contributed by atoms with Crippen molar-refractivity contribution in [3.05, 3.63) is 0 Å². The number of carbonyl (C=O) groups excluding carboxylic acids is 2. The lowest BCUT2D eigenvalue weighted by Gasteiger charge is -2.15. The molecule has 1 unspecified atom stereocenters. The van der Waals surface area contributed by atoms with Crippen LogP contribution in [0.4, 0.5) is 0 Å². The Balaban J connectivity index is 3.34. The monoisotopic (exact) mass is 454 g/mol. The quantitative estimate of drug-likeness (QED) is 0.108. The zero-order valence-electron chi connectivity index (χ0n) is 21.8. The number of hydrogen-bond donors (Lipinski definition) is 0. The van der Waals surface area contributed by atoms with E-state index in [2.05, 4.69) is 13.8 Å². The molecule has 32 heavy (non-hydrogen) atoms. The third-order valence-corrected chi connectivity index (χ3v) is 6.14. The molecule has 0 rings (SSSR count). The second-order valence-corrected chi connectivity index (χ2v) is 9.33. The number of carbonyl (C=O) groups is 2. The van der Waals surface area contributed by atoms with Gasteiger partial charge in [0.05, 0.1) is 6.61 Å². The van der Waals surface area contributed by atoms with Crippen molar-refractivity contribution in [1.82, 2.24) is 0 Å². The largest absolute Gasteiger partial charge is 0.466 e. The maximum absolute atomic E-state index is 11.8. The van der Waals surface area contributed by atoms with Crippen LogP contribution < -0.4 is 0 Å². The first-order valence-electron chi connectivity index (χ1n) is 14.0. The van der Waals surface area contributed by atoms with Gasteiger partial charge in [-0.25, -0.2) is 0 Å². The van der Waals surface area contributed by atoms with Gasteiger partial charge in [-0.05, 0) is 32.1 Å². The van der Waals surface area contributed by atoms with Gasteiger partial charge in [-0.3, -0.25) is 9.59 Å². The topological polar surface area (TPSA) is 52.6 Å². The minimum Gasteiger partial charge on any atom is -0.466 e. The Morgan fingerprint density at radius 3 is 1.50 bits per heavy atom. The molecule has 0 bridgehead atoms. The predicted octanol–water partition coefficient (Wildman–Crippen LogP) is 8.69. The van der Waals surface area contributed by atoms with Crippen LogP contribution in [-0.2, 0) is 19.1 Å². The van der Waals surface area contributed by atoms with E-state index < -0.39 is 0 Å². The lowest BCUT2D eigenvalue weighted by atomic mass is 10.0. The van der Waals surface area contributed by atoms with E-state index in [1.54, 1.807) is 0 Å². The molecule has 0 saturated heterocycles. The second-order valence-electron chi connectivity index (χ2n) is 9.33. The average molecular weight is 455 g/mol. The standard InChI is InChI=1S/C28H54O4/c1-4-7-8-9-10-11-12-13-14-15-16-17-18-21-25-31-27(29)23-19-20-24-28(30)32-26(6-3)22-5-2/h26H,4-25H2,1-3H3. The summed E-state index contributed by atoms with van der Waals surface area (Å²) in [4.78, 5) is 23.6. The third-order valence-electron chi connectivity index (χ3n) is 6.14. The molecule has 4 nitrogen and oxygen atoms in total. The maximum atomic E-state index is 11.8. The summed E-state index contributed by atoms with van der Waals surface area (Å²) in [5, 5.41) is 0. The molecule has 0 radical (unpaired) electrons. The molecule has 0 aromatic rings. The summed E-state index contributed by atoms with van der Waals surface area (Å²) in [5.74, 6) is -0.272. The van der Waals surface area contributed by atoms with Crippen LogP contribution in [0.5, 0.6) is 0 Å². The minimum absolute atomic E-state index is 0.0440. The van der Waals surface area contributed by atoms with Gasteiger partial charge in [0.2, 0.25) is 0 Å². The molecule has 0 aromatic carbocycles. The third kappa shape index (κ3) is 22.1. The van der Waals surface area contributed by atoms with Gasteiger partial charge in [-0.15, -0.1) is 0 Å². The Morgan fingerprint density at radius 1 is 0.562 bits per heavy atom. The summed E-state index contributed by atoms with van der Waals surface area (Å²) in [6, 6.07) is 0. The highest BCUT2D eigenvalue weighted by atomic mass is 16.5. The van der Waals surface area contributed by atoms with Crippen molar-refractivity contribution in [1.29, 1.82) is 0 Å². The van der Waals surface area contributed by atoms with Crippen molar-refractivity contribution in [2.45, 2.75) is 162 Å². The lowest BCUT2D eigenvalue weighted by Crippen LogP contribution is -2.17. The molecule has 0 aliphatic heterocycles. The van der Waals surface area contributed by atoms with Crippen LogP contribution in [0.2, 0.25) is 0 Å².